The van der Waals surface area contributed by atoms with Crippen molar-refractivity contribution < 1.29 is 0 Å². The molecule has 4 rings (SSSR count). The maximum atomic E-state index is 4.14. The SMILES string of the molecule is c1cc2sccc2s1.c1ccc2scnc2c1. The van der Waals surface area contributed by atoms with Gasteiger partial charge in [-0.3, -0.25) is 0 Å². The van der Waals surface area contributed by atoms with Crippen molar-refractivity contribution in [2.45, 2.75) is 0 Å². The monoisotopic (exact) mass is 275 g/mol. The second-order valence-corrected chi connectivity index (χ2v) is 6.17. The van der Waals surface area contributed by atoms with Gasteiger partial charge in [0.15, 0.2) is 0 Å². The summed E-state index contributed by atoms with van der Waals surface area (Å²) in [6, 6.07) is 12.4. The Hall–Kier alpha value is -1.23. The Kier molecular flexibility index (Phi) is 3.18. The Labute approximate surface area is 111 Å². The van der Waals surface area contributed by atoms with E-state index in [2.05, 4.69) is 33.9 Å². The van der Waals surface area contributed by atoms with Crippen molar-refractivity contribution >= 4 is 53.6 Å². The summed E-state index contributed by atoms with van der Waals surface area (Å²) in [6.07, 6.45) is 0. The van der Waals surface area contributed by atoms with Gasteiger partial charge in [-0.2, -0.15) is 0 Å². The van der Waals surface area contributed by atoms with E-state index >= 15 is 0 Å². The minimum atomic E-state index is 1.10. The van der Waals surface area contributed by atoms with E-state index in [1.54, 1.807) is 34.0 Å². The molecule has 3 aromatic heterocycles. The van der Waals surface area contributed by atoms with Crippen LogP contribution in [-0.2, 0) is 0 Å². The van der Waals surface area contributed by atoms with E-state index in [9.17, 15) is 0 Å². The van der Waals surface area contributed by atoms with Gasteiger partial charge in [0, 0.05) is 9.40 Å². The zero-order valence-electron chi connectivity index (χ0n) is 8.87. The lowest BCUT2D eigenvalue weighted by Gasteiger charge is -1.80. The summed E-state index contributed by atoms with van der Waals surface area (Å²) in [5.41, 5.74) is 2.97. The number of nitrogens with zero attached hydrogens (tertiary/aromatic N) is 1. The van der Waals surface area contributed by atoms with Crippen molar-refractivity contribution in [1.29, 1.82) is 0 Å². The molecule has 0 amide bonds. The van der Waals surface area contributed by atoms with Crippen LogP contribution in [0.2, 0.25) is 0 Å². The molecule has 3 heterocycles. The highest BCUT2D eigenvalue weighted by atomic mass is 32.1. The number of fused-ring (bicyclic) bond motifs is 2. The first-order valence-electron chi connectivity index (χ1n) is 5.12. The number of thiophene rings is 2. The van der Waals surface area contributed by atoms with Gasteiger partial charge >= 0.3 is 0 Å². The number of benzene rings is 1. The molecule has 4 aromatic rings. The predicted octanol–water partition coefficient (Wildman–Crippen LogP) is 5.26. The van der Waals surface area contributed by atoms with E-state index < -0.39 is 0 Å². The maximum absolute atomic E-state index is 4.14. The summed E-state index contributed by atoms with van der Waals surface area (Å²) < 4.78 is 4.09. The molecule has 0 unspecified atom stereocenters. The van der Waals surface area contributed by atoms with E-state index in [-0.39, 0.29) is 0 Å². The first-order chi connectivity index (χ1) is 8.43. The van der Waals surface area contributed by atoms with Gasteiger partial charge in [-0.25, -0.2) is 4.98 Å². The van der Waals surface area contributed by atoms with Crippen molar-refractivity contribution in [3.8, 4) is 0 Å². The molecule has 0 fully saturated rings. The molecular formula is C13H9NS3. The van der Waals surface area contributed by atoms with Crippen LogP contribution in [0.5, 0.6) is 0 Å². The molecule has 0 aliphatic carbocycles. The average molecular weight is 275 g/mol. The summed E-state index contributed by atoms with van der Waals surface area (Å²) in [6.45, 7) is 0. The van der Waals surface area contributed by atoms with Gasteiger partial charge in [-0.1, -0.05) is 12.1 Å². The second kappa shape index (κ2) is 4.96. The minimum absolute atomic E-state index is 1.10. The van der Waals surface area contributed by atoms with Gasteiger partial charge in [-0.15, -0.1) is 34.0 Å². The number of aromatic nitrogens is 1. The van der Waals surface area contributed by atoms with Crippen molar-refractivity contribution in [2.75, 3.05) is 0 Å². The van der Waals surface area contributed by atoms with Gasteiger partial charge in [0.05, 0.1) is 15.7 Å². The molecule has 0 aliphatic heterocycles. The highest BCUT2D eigenvalue weighted by Gasteiger charge is 1.91. The summed E-state index contributed by atoms with van der Waals surface area (Å²) in [7, 11) is 0. The largest absolute Gasteiger partial charge is 0.245 e. The lowest BCUT2D eigenvalue weighted by Crippen LogP contribution is -1.61. The molecule has 1 aromatic carbocycles. The van der Waals surface area contributed by atoms with Crippen LogP contribution >= 0.6 is 34.0 Å². The average Bonchev–Trinajstić information content (AvgIpc) is 3.06. The van der Waals surface area contributed by atoms with Crippen LogP contribution in [0.25, 0.3) is 19.6 Å². The van der Waals surface area contributed by atoms with Crippen LogP contribution in [0.4, 0.5) is 0 Å². The first-order valence-corrected chi connectivity index (χ1v) is 7.76. The Balaban J connectivity index is 0.000000107. The molecule has 0 saturated carbocycles. The topological polar surface area (TPSA) is 12.9 Å². The molecular weight excluding hydrogens is 266 g/mol. The molecule has 17 heavy (non-hydrogen) atoms. The van der Waals surface area contributed by atoms with Gasteiger partial charge < -0.3 is 0 Å². The molecule has 0 radical (unpaired) electrons. The summed E-state index contributed by atoms with van der Waals surface area (Å²) in [5, 5.41) is 4.25. The van der Waals surface area contributed by atoms with E-state index in [0.717, 1.165) is 5.52 Å². The molecule has 0 N–H and O–H groups in total. The molecule has 1 nitrogen and oxygen atoms in total. The number of hydrogen-bond donors (Lipinski definition) is 0. The molecule has 0 aliphatic rings. The van der Waals surface area contributed by atoms with Crippen LogP contribution in [0.1, 0.15) is 0 Å². The summed E-state index contributed by atoms with van der Waals surface area (Å²) >= 11 is 5.28. The van der Waals surface area contributed by atoms with E-state index in [0.29, 0.717) is 0 Å². The zero-order valence-corrected chi connectivity index (χ0v) is 11.3. The van der Waals surface area contributed by atoms with Crippen LogP contribution in [0, 0.1) is 0 Å². The Morgan fingerprint density at radius 1 is 0.706 bits per heavy atom. The summed E-state index contributed by atoms with van der Waals surface area (Å²) in [5.74, 6) is 0. The number of thiazole rings is 1. The highest BCUT2D eigenvalue weighted by Crippen LogP contribution is 2.25. The van der Waals surface area contributed by atoms with Gasteiger partial charge in [0.1, 0.15) is 0 Å². The molecule has 0 bridgehead atoms. The number of hydrogen-bond acceptors (Lipinski definition) is 4. The van der Waals surface area contributed by atoms with E-state index in [1.807, 2.05) is 23.7 Å². The third-order valence-corrected chi connectivity index (χ3v) is 5.01. The van der Waals surface area contributed by atoms with Crippen molar-refractivity contribution in [1.82, 2.24) is 4.98 Å². The first kappa shape index (κ1) is 10.9. The molecule has 0 spiro atoms. The summed E-state index contributed by atoms with van der Waals surface area (Å²) in [4.78, 5) is 4.14. The second-order valence-electron chi connectivity index (χ2n) is 3.39. The third-order valence-electron chi connectivity index (χ3n) is 2.31. The van der Waals surface area contributed by atoms with Gasteiger partial charge in [-0.05, 0) is 35.0 Å². The zero-order chi connectivity index (χ0) is 11.5. The van der Waals surface area contributed by atoms with Crippen LogP contribution in [-0.4, -0.2) is 4.98 Å². The highest BCUT2D eigenvalue weighted by molar-refractivity contribution is 7.25. The van der Waals surface area contributed by atoms with Crippen LogP contribution < -0.4 is 0 Å². The van der Waals surface area contributed by atoms with Gasteiger partial charge in [0.25, 0.3) is 0 Å². The fourth-order valence-electron chi connectivity index (χ4n) is 1.50. The Bertz CT molecular complexity index is 639. The predicted molar refractivity (Wildman–Crippen MR) is 79.3 cm³/mol. The van der Waals surface area contributed by atoms with Crippen molar-refractivity contribution in [3.05, 3.63) is 52.7 Å². The quantitative estimate of drug-likeness (QED) is 0.426. The minimum Gasteiger partial charge on any atom is -0.245 e. The van der Waals surface area contributed by atoms with E-state index in [1.165, 1.54) is 14.1 Å². The lowest BCUT2D eigenvalue weighted by molar-refractivity contribution is 1.50. The normalized spacial score (nSPS) is 10.4. The molecule has 0 atom stereocenters. The number of para-hydroxylation sites is 1. The third kappa shape index (κ3) is 2.39. The van der Waals surface area contributed by atoms with Crippen LogP contribution in [0.3, 0.4) is 0 Å². The standard InChI is InChI=1S/C7H5NS.C6H4S2/c1-2-4-7-6(3-1)8-5-9-7;1-3-7-6-2-4-8-5(1)6/h1-5H;1-4H. The van der Waals surface area contributed by atoms with E-state index in [4.69, 9.17) is 0 Å². The van der Waals surface area contributed by atoms with Gasteiger partial charge in [0.2, 0.25) is 0 Å². The fraction of sp³-hybridized carbons (Fsp3) is 0. The fourth-order valence-corrected chi connectivity index (χ4v) is 4.00. The molecule has 4 heteroatoms. The Morgan fingerprint density at radius 2 is 1.41 bits per heavy atom. The number of rotatable bonds is 0. The van der Waals surface area contributed by atoms with Crippen molar-refractivity contribution in [3.63, 3.8) is 0 Å². The Morgan fingerprint density at radius 3 is 2.12 bits per heavy atom. The van der Waals surface area contributed by atoms with Crippen LogP contribution in [0.15, 0.2) is 52.7 Å². The molecule has 84 valence electrons. The molecule has 0 saturated heterocycles. The maximum Gasteiger partial charge on any atom is 0.0812 e. The van der Waals surface area contributed by atoms with Crippen molar-refractivity contribution in [2.24, 2.45) is 0 Å². The lowest BCUT2D eigenvalue weighted by atomic mass is 10.3. The smallest absolute Gasteiger partial charge is 0.0812 e.